The van der Waals surface area contributed by atoms with E-state index in [9.17, 15) is 0 Å². The zero-order chi connectivity index (χ0) is 14.5. The van der Waals surface area contributed by atoms with E-state index in [0.29, 0.717) is 24.3 Å². The average molecular weight is 274 g/mol. The lowest BCUT2D eigenvalue weighted by molar-refractivity contribution is 0.285. The topological polar surface area (TPSA) is 63.8 Å². The Balaban J connectivity index is 2.15. The van der Waals surface area contributed by atoms with Gasteiger partial charge < -0.3 is 9.84 Å². The van der Waals surface area contributed by atoms with Gasteiger partial charge in [-0.05, 0) is 37.6 Å². The molecular weight excluding hydrogens is 252 g/mol. The molecule has 108 valence electrons. The molecule has 0 aromatic carbocycles. The molecule has 2 aromatic rings. The molecule has 0 amide bonds. The Labute approximate surface area is 119 Å². The van der Waals surface area contributed by atoms with Gasteiger partial charge in [0.25, 0.3) is 0 Å². The summed E-state index contributed by atoms with van der Waals surface area (Å²) >= 11 is 0. The first-order valence-corrected chi connectivity index (χ1v) is 7.00. The third-order valence-corrected chi connectivity index (χ3v) is 3.59. The highest BCUT2D eigenvalue weighted by Crippen LogP contribution is 2.26. The highest BCUT2D eigenvalue weighted by molar-refractivity contribution is 5.15. The van der Waals surface area contributed by atoms with Gasteiger partial charge in [0, 0.05) is 24.9 Å². The summed E-state index contributed by atoms with van der Waals surface area (Å²) in [7, 11) is 1.95. The molecule has 2 aromatic heterocycles. The Hall–Kier alpha value is -1.75. The van der Waals surface area contributed by atoms with Crippen LogP contribution in [0.15, 0.2) is 29.0 Å². The first-order chi connectivity index (χ1) is 9.61. The van der Waals surface area contributed by atoms with Crippen molar-refractivity contribution in [1.82, 2.24) is 20.4 Å². The van der Waals surface area contributed by atoms with Crippen LogP contribution in [0.5, 0.6) is 0 Å². The summed E-state index contributed by atoms with van der Waals surface area (Å²) in [6, 6.07) is 4.22. The van der Waals surface area contributed by atoms with E-state index < -0.39 is 0 Å². The van der Waals surface area contributed by atoms with E-state index in [2.05, 4.69) is 41.2 Å². The first-order valence-electron chi connectivity index (χ1n) is 7.00. The fourth-order valence-electron chi connectivity index (χ4n) is 2.41. The van der Waals surface area contributed by atoms with E-state index in [4.69, 9.17) is 4.52 Å². The molecule has 2 unspecified atom stereocenters. The molecule has 1 N–H and O–H groups in total. The van der Waals surface area contributed by atoms with E-state index >= 15 is 0 Å². The SMILES string of the molecule is CNC(C)C(c1nc(Cc2ccncc2)no1)C(C)C. The van der Waals surface area contributed by atoms with Crippen molar-refractivity contribution in [3.8, 4) is 0 Å². The molecule has 0 saturated carbocycles. The Morgan fingerprint density at radius 1 is 1.20 bits per heavy atom. The van der Waals surface area contributed by atoms with Crippen LogP contribution in [-0.2, 0) is 6.42 Å². The lowest BCUT2D eigenvalue weighted by atomic mass is 9.89. The van der Waals surface area contributed by atoms with E-state index in [1.54, 1.807) is 12.4 Å². The minimum atomic E-state index is 0.221. The van der Waals surface area contributed by atoms with Crippen molar-refractivity contribution in [1.29, 1.82) is 0 Å². The van der Waals surface area contributed by atoms with Crippen molar-refractivity contribution in [3.05, 3.63) is 41.8 Å². The van der Waals surface area contributed by atoms with Gasteiger partial charge in [-0.25, -0.2) is 0 Å². The molecular formula is C15H22N4O. The van der Waals surface area contributed by atoms with Crippen molar-refractivity contribution in [2.75, 3.05) is 7.05 Å². The number of nitrogens with one attached hydrogen (secondary N) is 1. The van der Waals surface area contributed by atoms with E-state index in [1.165, 1.54) is 0 Å². The van der Waals surface area contributed by atoms with Crippen LogP contribution in [0.1, 0.15) is 44.0 Å². The fourth-order valence-corrected chi connectivity index (χ4v) is 2.41. The van der Waals surface area contributed by atoms with E-state index in [0.717, 1.165) is 11.4 Å². The summed E-state index contributed by atoms with van der Waals surface area (Å²) in [5.74, 6) is 2.09. The van der Waals surface area contributed by atoms with E-state index in [1.807, 2.05) is 19.2 Å². The molecule has 0 radical (unpaired) electrons. The minimum absolute atomic E-state index is 0.221. The zero-order valence-corrected chi connectivity index (χ0v) is 12.5. The highest BCUT2D eigenvalue weighted by atomic mass is 16.5. The van der Waals surface area contributed by atoms with Crippen LogP contribution >= 0.6 is 0 Å². The molecule has 20 heavy (non-hydrogen) atoms. The summed E-state index contributed by atoms with van der Waals surface area (Å²) in [5, 5.41) is 7.36. The normalized spacial score (nSPS) is 14.4. The molecule has 2 atom stereocenters. The summed E-state index contributed by atoms with van der Waals surface area (Å²) in [5.41, 5.74) is 1.13. The lowest BCUT2D eigenvalue weighted by Gasteiger charge is -2.23. The molecule has 0 aliphatic rings. The molecule has 5 nitrogen and oxygen atoms in total. The second kappa shape index (κ2) is 6.61. The minimum Gasteiger partial charge on any atom is -0.339 e. The molecule has 0 aliphatic carbocycles. The van der Waals surface area contributed by atoms with Crippen LogP contribution in [-0.4, -0.2) is 28.2 Å². The monoisotopic (exact) mass is 274 g/mol. The maximum atomic E-state index is 5.47. The molecule has 0 bridgehead atoms. The molecule has 5 heteroatoms. The van der Waals surface area contributed by atoms with Crippen molar-refractivity contribution in [2.24, 2.45) is 5.92 Å². The van der Waals surface area contributed by atoms with Gasteiger partial charge in [-0.1, -0.05) is 19.0 Å². The lowest BCUT2D eigenvalue weighted by Crippen LogP contribution is -2.32. The number of aromatic nitrogens is 3. The highest BCUT2D eigenvalue weighted by Gasteiger charge is 2.27. The predicted molar refractivity (Wildman–Crippen MR) is 77.4 cm³/mol. The number of hydrogen-bond donors (Lipinski definition) is 1. The zero-order valence-electron chi connectivity index (χ0n) is 12.5. The molecule has 2 rings (SSSR count). The largest absolute Gasteiger partial charge is 0.339 e. The number of hydrogen-bond acceptors (Lipinski definition) is 5. The third kappa shape index (κ3) is 3.42. The van der Waals surface area contributed by atoms with Crippen LogP contribution in [0.3, 0.4) is 0 Å². The average Bonchev–Trinajstić information content (AvgIpc) is 2.87. The second-order valence-electron chi connectivity index (χ2n) is 5.43. The summed E-state index contributed by atoms with van der Waals surface area (Å²) < 4.78 is 5.47. The molecule has 2 heterocycles. The second-order valence-corrected chi connectivity index (χ2v) is 5.43. The van der Waals surface area contributed by atoms with Crippen LogP contribution in [0.4, 0.5) is 0 Å². The van der Waals surface area contributed by atoms with Gasteiger partial charge in [0.1, 0.15) is 0 Å². The Morgan fingerprint density at radius 2 is 1.90 bits per heavy atom. The van der Waals surface area contributed by atoms with Crippen LogP contribution < -0.4 is 5.32 Å². The Morgan fingerprint density at radius 3 is 2.50 bits per heavy atom. The molecule has 0 saturated heterocycles. The van der Waals surface area contributed by atoms with Crippen molar-refractivity contribution >= 4 is 0 Å². The third-order valence-electron chi connectivity index (χ3n) is 3.59. The van der Waals surface area contributed by atoms with Gasteiger partial charge in [-0.3, -0.25) is 4.98 Å². The van der Waals surface area contributed by atoms with Gasteiger partial charge in [-0.15, -0.1) is 0 Å². The summed E-state index contributed by atoms with van der Waals surface area (Å²) in [6.07, 6.45) is 4.22. The standard InChI is InChI=1S/C15H22N4O/c1-10(2)14(11(3)16-4)15-18-13(19-20-15)9-12-5-7-17-8-6-12/h5-8,10-11,14,16H,9H2,1-4H3. The van der Waals surface area contributed by atoms with Gasteiger partial charge >= 0.3 is 0 Å². The smallest absolute Gasteiger partial charge is 0.231 e. The maximum Gasteiger partial charge on any atom is 0.231 e. The summed E-state index contributed by atoms with van der Waals surface area (Å²) in [6.45, 7) is 6.48. The first kappa shape index (κ1) is 14.7. The molecule has 0 aliphatic heterocycles. The number of nitrogens with zero attached hydrogens (tertiary/aromatic N) is 3. The van der Waals surface area contributed by atoms with Crippen LogP contribution in [0, 0.1) is 5.92 Å². The van der Waals surface area contributed by atoms with Gasteiger partial charge in [0.2, 0.25) is 5.89 Å². The van der Waals surface area contributed by atoms with Crippen molar-refractivity contribution < 1.29 is 4.52 Å². The number of likely N-dealkylation sites (N-methyl/N-ethyl adjacent to an activating group) is 1. The quantitative estimate of drug-likeness (QED) is 0.876. The van der Waals surface area contributed by atoms with E-state index in [-0.39, 0.29) is 5.92 Å². The predicted octanol–water partition coefficient (Wildman–Crippen LogP) is 2.40. The Bertz CT molecular complexity index is 524. The number of rotatable bonds is 6. The van der Waals surface area contributed by atoms with Gasteiger partial charge in [0.15, 0.2) is 5.82 Å². The number of pyridine rings is 1. The van der Waals surface area contributed by atoms with Gasteiger partial charge in [-0.2, -0.15) is 4.98 Å². The molecule has 0 fully saturated rings. The maximum absolute atomic E-state index is 5.47. The van der Waals surface area contributed by atoms with Crippen molar-refractivity contribution in [3.63, 3.8) is 0 Å². The van der Waals surface area contributed by atoms with Gasteiger partial charge in [0.05, 0.1) is 5.92 Å². The van der Waals surface area contributed by atoms with Crippen LogP contribution in [0.25, 0.3) is 0 Å². The fraction of sp³-hybridized carbons (Fsp3) is 0.533. The van der Waals surface area contributed by atoms with Crippen molar-refractivity contribution in [2.45, 2.75) is 39.2 Å². The van der Waals surface area contributed by atoms with Crippen LogP contribution in [0.2, 0.25) is 0 Å². The molecule has 0 spiro atoms. The summed E-state index contributed by atoms with van der Waals surface area (Å²) in [4.78, 5) is 8.56. The Kier molecular flexibility index (Phi) is 4.84.